The average molecular weight is 247 g/mol. The van der Waals surface area contributed by atoms with Crippen molar-refractivity contribution in [2.45, 2.75) is 45.4 Å². The van der Waals surface area contributed by atoms with Crippen molar-refractivity contribution >= 4 is 5.82 Å². The zero-order chi connectivity index (χ0) is 12.8. The van der Waals surface area contributed by atoms with Gasteiger partial charge in [-0.05, 0) is 32.1 Å². The quantitative estimate of drug-likeness (QED) is 0.786. The zero-order valence-corrected chi connectivity index (χ0v) is 11.0. The standard InChI is InChI=1S/C14H21N3O/c1-2-12-16-13(10-14(18)17-12)15-9-8-11-6-4-3-5-7-11/h6,10H,2-5,7-9H2,1H3,(H2,15,16,17,18). The first-order chi connectivity index (χ1) is 8.78. The molecule has 4 heteroatoms. The van der Waals surface area contributed by atoms with Gasteiger partial charge in [-0.2, -0.15) is 0 Å². The van der Waals surface area contributed by atoms with Crippen LogP contribution in [0.5, 0.6) is 0 Å². The molecule has 0 aliphatic heterocycles. The maximum atomic E-state index is 11.4. The molecule has 1 aliphatic carbocycles. The summed E-state index contributed by atoms with van der Waals surface area (Å²) in [6, 6.07) is 1.52. The van der Waals surface area contributed by atoms with Gasteiger partial charge in [0, 0.05) is 19.0 Å². The van der Waals surface area contributed by atoms with Crippen molar-refractivity contribution in [3.63, 3.8) is 0 Å². The fourth-order valence-electron chi connectivity index (χ4n) is 2.25. The monoisotopic (exact) mass is 247 g/mol. The minimum atomic E-state index is -0.0822. The molecular weight excluding hydrogens is 226 g/mol. The maximum Gasteiger partial charge on any atom is 0.252 e. The number of allylic oxidation sites excluding steroid dienone is 1. The van der Waals surface area contributed by atoms with Crippen molar-refractivity contribution in [2.24, 2.45) is 0 Å². The van der Waals surface area contributed by atoms with E-state index >= 15 is 0 Å². The van der Waals surface area contributed by atoms with Gasteiger partial charge in [-0.1, -0.05) is 18.6 Å². The molecule has 2 N–H and O–H groups in total. The largest absolute Gasteiger partial charge is 0.370 e. The summed E-state index contributed by atoms with van der Waals surface area (Å²) in [6.45, 7) is 2.83. The SMILES string of the molecule is CCc1nc(NCCC2=CCCCC2)cc(=O)[nH]1. The van der Waals surface area contributed by atoms with Crippen molar-refractivity contribution in [3.05, 3.63) is 33.9 Å². The van der Waals surface area contributed by atoms with Gasteiger partial charge in [0.25, 0.3) is 5.56 Å². The lowest BCUT2D eigenvalue weighted by Crippen LogP contribution is -2.14. The molecule has 0 atom stereocenters. The van der Waals surface area contributed by atoms with Gasteiger partial charge < -0.3 is 10.3 Å². The normalized spacial score (nSPS) is 15.3. The molecule has 0 aromatic carbocycles. The Labute approximate surface area is 108 Å². The highest BCUT2D eigenvalue weighted by molar-refractivity contribution is 5.33. The van der Waals surface area contributed by atoms with E-state index in [0.29, 0.717) is 5.82 Å². The highest BCUT2D eigenvalue weighted by Crippen LogP contribution is 2.19. The number of aryl methyl sites for hydroxylation is 1. The van der Waals surface area contributed by atoms with Crippen LogP contribution in [-0.2, 0) is 6.42 Å². The van der Waals surface area contributed by atoms with Gasteiger partial charge in [0.05, 0.1) is 0 Å². The molecule has 0 fully saturated rings. The lowest BCUT2D eigenvalue weighted by Gasteiger charge is -2.13. The average Bonchev–Trinajstić information content (AvgIpc) is 2.39. The van der Waals surface area contributed by atoms with Crippen molar-refractivity contribution < 1.29 is 0 Å². The third kappa shape index (κ3) is 3.72. The van der Waals surface area contributed by atoms with Crippen LogP contribution in [0, 0.1) is 0 Å². The number of nitrogens with zero attached hydrogens (tertiary/aromatic N) is 1. The van der Waals surface area contributed by atoms with E-state index < -0.39 is 0 Å². The first kappa shape index (κ1) is 12.9. The first-order valence-corrected chi connectivity index (χ1v) is 6.80. The summed E-state index contributed by atoms with van der Waals surface area (Å²) in [6.07, 6.45) is 9.24. The van der Waals surface area contributed by atoms with E-state index in [1.807, 2.05) is 6.92 Å². The zero-order valence-electron chi connectivity index (χ0n) is 11.0. The predicted octanol–water partition coefficient (Wildman–Crippen LogP) is 2.63. The van der Waals surface area contributed by atoms with Crippen LogP contribution in [0.1, 0.15) is 44.9 Å². The van der Waals surface area contributed by atoms with E-state index in [9.17, 15) is 4.79 Å². The molecule has 98 valence electrons. The summed E-state index contributed by atoms with van der Waals surface area (Å²) in [7, 11) is 0. The van der Waals surface area contributed by atoms with Crippen LogP contribution in [0.3, 0.4) is 0 Å². The highest BCUT2D eigenvalue weighted by atomic mass is 16.1. The Hall–Kier alpha value is -1.58. The third-order valence-electron chi connectivity index (χ3n) is 3.26. The number of aromatic amines is 1. The molecule has 2 rings (SSSR count). The second-order valence-electron chi connectivity index (χ2n) is 4.72. The van der Waals surface area contributed by atoms with Gasteiger partial charge >= 0.3 is 0 Å². The van der Waals surface area contributed by atoms with Gasteiger partial charge in [0.1, 0.15) is 11.6 Å². The van der Waals surface area contributed by atoms with Crippen molar-refractivity contribution in [1.82, 2.24) is 9.97 Å². The number of anilines is 1. The maximum absolute atomic E-state index is 11.4. The third-order valence-corrected chi connectivity index (χ3v) is 3.26. The number of hydrogen-bond acceptors (Lipinski definition) is 3. The molecule has 0 saturated heterocycles. The Kier molecular flexibility index (Phi) is 4.56. The molecule has 1 aromatic rings. The molecule has 0 saturated carbocycles. The summed E-state index contributed by atoms with van der Waals surface area (Å²) in [4.78, 5) is 18.5. The molecule has 1 aliphatic rings. The molecule has 18 heavy (non-hydrogen) atoms. The second-order valence-corrected chi connectivity index (χ2v) is 4.72. The molecule has 0 amide bonds. The fourth-order valence-corrected chi connectivity index (χ4v) is 2.25. The van der Waals surface area contributed by atoms with E-state index in [1.165, 1.54) is 37.3 Å². The van der Waals surface area contributed by atoms with E-state index in [2.05, 4.69) is 21.4 Å². The van der Waals surface area contributed by atoms with Crippen LogP contribution >= 0.6 is 0 Å². The van der Waals surface area contributed by atoms with Crippen LogP contribution in [0.2, 0.25) is 0 Å². The molecule has 1 heterocycles. The molecule has 0 radical (unpaired) electrons. The number of rotatable bonds is 5. The lowest BCUT2D eigenvalue weighted by atomic mass is 9.97. The van der Waals surface area contributed by atoms with Crippen LogP contribution in [-0.4, -0.2) is 16.5 Å². The highest BCUT2D eigenvalue weighted by Gasteiger charge is 2.04. The summed E-state index contributed by atoms with van der Waals surface area (Å²) in [5.74, 6) is 1.42. The Morgan fingerprint density at radius 3 is 3.06 bits per heavy atom. The first-order valence-electron chi connectivity index (χ1n) is 6.80. The number of hydrogen-bond donors (Lipinski definition) is 2. The number of H-pyrrole nitrogens is 1. The summed E-state index contributed by atoms with van der Waals surface area (Å²) in [5.41, 5.74) is 1.45. The molecule has 1 aromatic heterocycles. The molecule has 4 nitrogen and oxygen atoms in total. The van der Waals surface area contributed by atoms with Gasteiger partial charge in [0.2, 0.25) is 0 Å². The lowest BCUT2D eigenvalue weighted by molar-refractivity contribution is 0.679. The summed E-state index contributed by atoms with van der Waals surface area (Å²) >= 11 is 0. The van der Waals surface area contributed by atoms with Gasteiger partial charge in [0.15, 0.2) is 0 Å². The van der Waals surface area contributed by atoms with Gasteiger partial charge in [-0.3, -0.25) is 4.79 Å². The van der Waals surface area contributed by atoms with Crippen LogP contribution in [0.25, 0.3) is 0 Å². The van der Waals surface area contributed by atoms with Crippen molar-refractivity contribution in [2.75, 3.05) is 11.9 Å². The molecular formula is C14H21N3O. The molecule has 0 bridgehead atoms. The predicted molar refractivity (Wildman–Crippen MR) is 73.9 cm³/mol. The van der Waals surface area contributed by atoms with E-state index in [-0.39, 0.29) is 5.56 Å². The van der Waals surface area contributed by atoms with E-state index in [0.717, 1.165) is 25.2 Å². The molecule has 0 spiro atoms. The number of nitrogens with one attached hydrogen (secondary N) is 2. The smallest absolute Gasteiger partial charge is 0.252 e. The van der Waals surface area contributed by atoms with Crippen molar-refractivity contribution in [3.8, 4) is 0 Å². The Balaban J connectivity index is 1.88. The van der Waals surface area contributed by atoms with Crippen LogP contribution in [0.4, 0.5) is 5.82 Å². The summed E-state index contributed by atoms with van der Waals surface area (Å²) < 4.78 is 0. The van der Waals surface area contributed by atoms with Crippen molar-refractivity contribution in [1.29, 1.82) is 0 Å². The van der Waals surface area contributed by atoms with Crippen LogP contribution < -0.4 is 10.9 Å². The Morgan fingerprint density at radius 1 is 1.44 bits per heavy atom. The number of aromatic nitrogens is 2. The molecule has 0 unspecified atom stereocenters. The Morgan fingerprint density at radius 2 is 2.33 bits per heavy atom. The second kappa shape index (κ2) is 6.38. The topological polar surface area (TPSA) is 57.8 Å². The van der Waals surface area contributed by atoms with Gasteiger partial charge in [-0.25, -0.2) is 4.98 Å². The van der Waals surface area contributed by atoms with Crippen LogP contribution in [0.15, 0.2) is 22.5 Å². The van der Waals surface area contributed by atoms with E-state index in [4.69, 9.17) is 0 Å². The fraction of sp³-hybridized carbons (Fsp3) is 0.571. The summed E-state index contributed by atoms with van der Waals surface area (Å²) in [5, 5.41) is 3.24. The minimum Gasteiger partial charge on any atom is -0.370 e. The Bertz CT molecular complexity index is 476. The van der Waals surface area contributed by atoms with E-state index in [1.54, 1.807) is 0 Å². The minimum absolute atomic E-state index is 0.0822. The van der Waals surface area contributed by atoms with Gasteiger partial charge in [-0.15, -0.1) is 0 Å².